The fourth-order valence-corrected chi connectivity index (χ4v) is 2.29. The van der Waals surface area contributed by atoms with Gasteiger partial charge in [-0.2, -0.15) is 0 Å². The van der Waals surface area contributed by atoms with Crippen molar-refractivity contribution in [3.05, 3.63) is 11.9 Å². The van der Waals surface area contributed by atoms with Gasteiger partial charge >= 0.3 is 0 Å². The Morgan fingerprint density at radius 2 is 2.15 bits per heavy atom. The molecule has 1 N–H and O–H groups in total. The molecule has 0 aliphatic heterocycles. The Bertz CT molecular complexity index is 396. The number of nitrogens with one attached hydrogen (secondary N) is 1. The molecule has 0 radical (unpaired) electrons. The van der Waals surface area contributed by atoms with E-state index in [-0.39, 0.29) is 0 Å². The van der Waals surface area contributed by atoms with E-state index in [0.29, 0.717) is 12.6 Å². The van der Waals surface area contributed by atoms with Gasteiger partial charge in [0.05, 0.1) is 0 Å². The summed E-state index contributed by atoms with van der Waals surface area (Å²) in [4.78, 5) is 11.6. The monoisotopic (exact) mass is 278 g/mol. The van der Waals surface area contributed by atoms with Crippen LogP contribution in [0.2, 0.25) is 0 Å². The lowest BCUT2D eigenvalue weighted by Crippen LogP contribution is -2.28. The molecule has 1 aromatic rings. The lowest BCUT2D eigenvalue weighted by Gasteiger charge is -2.24. The molecule has 0 amide bonds. The van der Waals surface area contributed by atoms with Crippen molar-refractivity contribution in [2.24, 2.45) is 0 Å². The average molecular weight is 278 g/mol. The standard InChI is InChI=1S/C15H26N4O/c1-4-6-9-19(12-7-8-12)15-10-13(16-5-2)17-14(18-15)11-20-3/h10,12H,4-9,11H2,1-3H3,(H,16,17,18). The Morgan fingerprint density at radius 3 is 2.75 bits per heavy atom. The van der Waals surface area contributed by atoms with E-state index in [1.807, 2.05) is 0 Å². The van der Waals surface area contributed by atoms with E-state index < -0.39 is 0 Å². The molecule has 2 rings (SSSR count). The van der Waals surface area contributed by atoms with Crippen molar-refractivity contribution in [2.45, 2.75) is 52.2 Å². The number of ether oxygens (including phenoxy) is 1. The second kappa shape index (κ2) is 7.43. The number of hydrogen-bond donors (Lipinski definition) is 1. The van der Waals surface area contributed by atoms with E-state index in [1.54, 1.807) is 7.11 Å². The van der Waals surface area contributed by atoms with Crippen LogP contribution in [0.3, 0.4) is 0 Å². The van der Waals surface area contributed by atoms with Crippen LogP contribution in [0.15, 0.2) is 6.07 Å². The van der Waals surface area contributed by atoms with E-state index in [4.69, 9.17) is 4.74 Å². The van der Waals surface area contributed by atoms with Gasteiger partial charge in [-0.15, -0.1) is 0 Å². The first kappa shape index (κ1) is 15.0. The lowest BCUT2D eigenvalue weighted by atomic mass is 10.3. The number of nitrogens with zero attached hydrogens (tertiary/aromatic N) is 3. The second-order valence-corrected chi connectivity index (χ2v) is 5.27. The highest BCUT2D eigenvalue weighted by Gasteiger charge is 2.30. The summed E-state index contributed by atoms with van der Waals surface area (Å²) in [6.07, 6.45) is 4.98. The summed E-state index contributed by atoms with van der Waals surface area (Å²) >= 11 is 0. The van der Waals surface area contributed by atoms with Crippen molar-refractivity contribution in [3.63, 3.8) is 0 Å². The predicted molar refractivity (Wildman–Crippen MR) is 82.2 cm³/mol. The zero-order chi connectivity index (χ0) is 14.4. The first-order chi connectivity index (χ1) is 9.78. The molecule has 0 aromatic carbocycles. The summed E-state index contributed by atoms with van der Waals surface area (Å²) < 4.78 is 5.18. The van der Waals surface area contributed by atoms with Gasteiger partial charge in [-0.3, -0.25) is 0 Å². The third kappa shape index (κ3) is 4.07. The van der Waals surface area contributed by atoms with Gasteiger partial charge < -0.3 is 15.0 Å². The normalized spacial score (nSPS) is 14.3. The summed E-state index contributed by atoms with van der Waals surface area (Å²) in [5.41, 5.74) is 0. The van der Waals surface area contributed by atoms with Gasteiger partial charge in [0.25, 0.3) is 0 Å². The molecule has 0 bridgehead atoms. The van der Waals surface area contributed by atoms with Crippen molar-refractivity contribution in [2.75, 3.05) is 30.4 Å². The van der Waals surface area contributed by atoms with Gasteiger partial charge in [0.15, 0.2) is 5.82 Å². The van der Waals surface area contributed by atoms with E-state index >= 15 is 0 Å². The molecule has 0 spiro atoms. The zero-order valence-corrected chi connectivity index (χ0v) is 12.9. The Kier molecular flexibility index (Phi) is 5.59. The van der Waals surface area contributed by atoms with E-state index in [1.165, 1.54) is 25.7 Å². The smallest absolute Gasteiger partial charge is 0.158 e. The van der Waals surface area contributed by atoms with Crippen LogP contribution in [0.5, 0.6) is 0 Å². The van der Waals surface area contributed by atoms with Gasteiger partial charge in [-0.25, -0.2) is 9.97 Å². The van der Waals surface area contributed by atoms with E-state index in [0.717, 1.165) is 30.5 Å². The van der Waals surface area contributed by atoms with Crippen LogP contribution < -0.4 is 10.2 Å². The van der Waals surface area contributed by atoms with Gasteiger partial charge in [0, 0.05) is 32.3 Å². The van der Waals surface area contributed by atoms with Crippen LogP contribution in [0.1, 0.15) is 45.4 Å². The SMILES string of the molecule is CCCCN(c1cc(NCC)nc(COC)n1)C1CC1. The number of methoxy groups -OCH3 is 1. The van der Waals surface area contributed by atoms with Gasteiger partial charge in [-0.05, 0) is 26.2 Å². The summed E-state index contributed by atoms with van der Waals surface area (Å²) in [6, 6.07) is 2.73. The highest BCUT2D eigenvalue weighted by atomic mass is 16.5. The van der Waals surface area contributed by atoms with Crippen molar-refractivity contribution >= 4 is 11.6 Å². The maximum absolute atomic E-state index is 5.18. The number of aromatic nitrogens is 2. The Morgan fingerprint density at radius 1 is 1.35 bits per heavy atom. The molecule has 1 aliphatic carbocycles. The molecule has 20 heavy (non-hydrogen) atoms. The number of rotatable bonds is 9. The molecule has 1 fully saturated rings. The molecule has 1 aromatic heterocycles. The van der Waals surface area contributed by atoms with Gasteiger partial charge in [0.2, 0.25) is 0 Å². The average Bonchev–Trinajstić information content (AvgIpc) is 3.24. The molecule has 5 nitrogen and oxygen atoms in total. The molecule has 5 heteroatoms. The summed E-state index contributed by atoms with van der Waals surface area (Å²) in [6.45, 7) is 6.70. The molecule has 0 atom stereocenters. The van der Waals surface area contributed by atoms with Crippen LogP contribution in [0, 0.1) is 0 Å². The van der Waals surface area contributed by atoms with E-state index in [9.17, 15) is 0 Å². The van der Waals surface area contributed by atoms with Crippen LogP contribution >= 0.6 is 0 Å². The Labute approximate surface area is 121 Å². The number of hydrogen-bond acceptors (Lipinski definition) is 5. The number of anilines is 2. The summed E-state index contributed by atoms with van der Waals surface area (Å²) in [5, 5.41) is 3.28. The van der Waals surface area contributed by atoms with Crippen molar-refractivity contribution in [1.29, 1.82) is 0 Å². The molecule has 112 valence electrons. The molecular weight excluding hydrogens is 252 g/mol. The molecule has 1 heterocycles. The molecular formula is C15H26N4O. The largest absolute Gasteiger partial charge is 0.377 e. The minimum absolute atomic E-state index is 0.457. The second-order valence-electron chi connectivity index (χ2n) is 5.27. The van der Waals surface area contributed by atoms with Crippen LogP contribution in [-0.2, 0) is 11.3 Å². The first-order valence-corrected chi connectivity index (χ1v) is 7.65. The highest BCUT2D eigenvalue weighted by molar-refractivity contribution is 5.51. The molecule has 0 unspecified atom stereocenters. The van der Waals surface area contributed by atoms with Crippen molar-refractivity contribution < 1.29 is 4.74 Å². The first-order valence-electron chi connectivity index (χ1n) is 7.65. The Hall–Kier alpha value is -1.36. The fraction of sp³-hybridized carbons (Fsp3) is 0.733. The zero-order valence-electron chi connectivity index (χ0n) is 12.9. The highest BCUT2D eigenvalue weighted by Crippen LogP contribution is 2.31. The fourth-order valence-electron chi connectivity index (χ4n) is 2.29. The Balaban J connectivity index is 2.21. The molecule has 1 saturated carbocycles. The van der Waals surface area contributed by atoms with Crippen molar-refractivity contribution in [1.82, 2.24) is 9.97 Å². The van der Waals surface area contributed by atoms with Crippen LogP contribution in [0.4, 0.5) is 11.6 Å². The predicted octanol–water partition coefficient (Wildman–Crippen LogP) is 2.82. The van der Waals surface area contributed by atoms with Crippen LogP contribution in [-0.4, -0.2) is 36.2 Å². The number of unbranched alkanes of at least 4 members (excludes halogenated alkanes) is 1. The quantitative estimate of drug-likeness (QED) is 0.752. The minimum Gasteiger partial charge on any atom is -0.377 e. The lowest BCUT2D eigenvalue weighted by molar-refractivity contribution is 0.178. The van der Waals surface area contributed by atoms with Gasteiger partial charge in [0.1, 0.15) is 18.2 Å². The maximum atomic E-state index is 5.18. The summed E-state index contributed by atoms with van der Waals surface area (Å²) in [7, 11) is 1.68. The molecule has 1 aliphatic rings. The van der Waals surface area contributed by atoms with Crippen LogP contribution in [0.25, 0.3) is 0 Å². The summed E-state index contributed by atoms with van der Waals surface area (Å²) in [5.74, 6) is 2.69. The third-order valence-corrected chi connectivity index (χ3v) is 3.42. The topological polar surface area (TPSA) is 50.3 Å². The molecule has 0 saturated heterocycles. The third-order valence-electron chi connectivity index (χ3n) is 3.42. The van der Waals surface area contributed by atoms with E-state index in [2.05, 4.69) is 40.1 Å². The maximum Gasteiger partial charge on any atom is 0.158 e. The van der Waals surface area contributed by atoms with Gasteiger partial charge in [-0.1, -0.05) is 13.3 Å². The van der Waals surface area contributed by atoms with Crippen molar-refractivity contribution in [3.8, 4) is 0 Å². The minimum atomic E-state index is 0.457.